The van der Waals surface area contributed by atoms with Crippen LogP contribution in [0.5, 0.6) is 0 Å². The molecule has 0 fully saturated rings. The fourth-order valence-electron chi connectivity index (χ4n) is 2.14. The summed E-state index contributed by atoms with van der Waals surface area (Å²) >= 11 is 3.34. The van der Waals surface area contributed by atoms with Crippen molar-refractivity contribution in [2.45, 2.75) is 18.7 Å². The van der Waals surface area contributed by atoms with E-state index < -0.39 is 10.0 Å². The lowest BCUT2D eigenvalue weighted by Gasteiger charge is -2.20. The Hall–Kier alpha value is -1.70. The third-order valence-corrected chi connectivity index (χ3v) is 6.11. The minimum Gasteiger partial charge on any atom is -0.324 e. The molecule has 0 saturated heterocycles. The van der Waals surface area contributed by atoms with Gasteiger partial charge in [-0.25, -0.2) is 8.42 Å². The first-order valence-corrected chi connectivity index (χ1v) is 9.69. The van der Waals surface area contributed by atoms with Crippen LogP contribution < -0.4 is 5.32 Å². The molecule has 7 heteroatoms. The number of benzene rings is 2. The Balaban J connectivity index is 2.15. The molecule has 0 spiro atoms. The lowest BCUT2D eigenvalue weighted by Crippen LogP contribution is -2.37. The molecule has 128 valence electrons. The van der Waals surface area contributed by atoms with E-state index >= 15 is 0 Å². The summed E-state index contributed by atoms with van der Waals surface area (Å²) in [7, 11) is -3.70. The molecule has 2 rings (SSSR count). The first-order valence-electron chi connectivity index (χ1n) is 7.45. The minimum absolute atomic E-state index is 0.184. The Labute approximate surface area is 150 Å². The number of carbonyl (C=O) groups is 1. The lowest BCUT2D eigenvalue weighted by molar-refractivity contribution is -0.116. The number of hydrogen-bond donors (Lipinski definition) is 1. The van der Waals surface area contributed by atoms with Crippen LogP contribution in [0.2, 0.25) is 0 Å². The summed E-state index contributed by atoms with van der Waals surface area (Å²) in [5.41, 5.74) is 1.58. The minimum atomic E-state index is -3.70. The van der Waals surface area contributed by atoms with E-state index in [4.69, 9.17) is 0 Å². The number of carbonyl (C=O) groups excluding carboxylic acids is 1. The molecule has 0 saturated carbocycles. The smallest absolute Gasteiger partial charge is 0.243 e. The summed E-state index contributed by atoms with van der Waals surface area (Å²) in [4.78, 5) is 12.4. The summed E-state index contributed by atoms with van der Waals surface area (Å²) in [5, 5.41) is 2.72. The highest BCUT2D eigenvalue weighted by Gasteiger charge is 2.25. The molecule has 1 N–H and O–H groups in total. The summed E-state index contributed by atoms with van der Waals surface area (Å²) in [5.74, 6) is -0.389. The molecule has 0 unspecified atom stereocenters. The zero-order valence-electron chi connectivity index (χ0n) is 13.5. The van der Waals surface area contributed by atoms with E-state index in [-0.39, 0.29) is 23.9 Å². The molecular weight excluding hydrogens is 392 g/mol. The van der Waals surface area contributed by atoms with Gasteiger partial charge in [0.1, 0.15) is 0 Å². The van der Waals surface area contributed by atoms with E-state index in [0.717, 1.165) is 14.3 Å². The number of hydrogen-bond acceptors (Lipinski definition) is 3. The summed E-state index contributed by atoms with van der Waals surface area (Å²) in [6.07, 6.45) is 0. The molecule has 1 amide bonds. The average Bonchev–Trinajstić information content (AvgIpc) is 2.55. The van der Waals surface area contributed by atoms with E-state index in [1.807, 2.05) is 13.0 Å². The van der Waals surface area contributed by atoms with Crippen molar-refractivity contribution >= 4 is 37.5 Å². The summed E-state index contributed by atoms with van der Waals surface area (Å²) < 4.78 is 27.2. The standard InChI is InChI=1S/C17H19BrN2O3S/c1-3-20(24(22,23)14-10-8-13(2)9-11-14)12-17(21)19-16-7-5-4-6-15(16)18/h4-11H,3,12H2,1-2H3,(H,19,21). The quantitative estimate of drug-likeness (QED) is 0.793. The largest absolute Gasteiger partial charge is 0.324 e. The first-order chi connectivity index (χ1) is 11.3. The highest BCUT2D eigenvalue weighted by Crippen LogP contribution is 2.21. The molecule has 0 aliphatic heterocycles. The molecule has 0 heterocycles. The van der Waals surface area contributed by atoms with Gasteiger partial charge in [0.15, 0.2) is 0 Å². The number of rotatable bonds is 6. The maximum absolute atomic E-state index is 12.7. The molecule has 0 aliphatic rings. The average molecular weight is 411 g/mol. The predicted molar refractivity (Wildman–Crippen MR) is 98.4 cm³/mol. The third kappa shape index (κ3) is 4.43. The normalized spacial score (nSPS) is 11.5. The van der Waals surface area contributed by atoms with E-state index in [0.29, 0.717) is 5.69 Å². The van der Waals surface area contributed by atoms with Crippen LogP contribution in [-0.4, -0.2) is 31.7 Å². The van der Waals surface area contributed by atoms with Crippen LogP contribution in [0.3, 0.4) is 0 Å². The van der Waals surface area contributed by atoms with Crippen molar-refractivity contribution in [1.82, 2.24) is 4.31 Å². The molecule has 0 aliphatic carbocycles. The Morgan fingerprint density at radius 1 is 1.12 bits per heavy atom. The molecular formula is C17H19BrN2O3S. The van der Waals surface area contributed by atoms with Crippen LogP contribution >= 0.6 is 15.9 Å². The van der Waals surface area contributed by atoms with Gasteiger partial charge >= 0.3 is 0 Å². The van der Waals surface area contributed by atoms with Gasteiger partial charge in [-0.1, -0.05) is 36.8 Å². The van der Waals surface area contributed by atoms with E-state index in [2.05, 4.69) is 21.2 Å². The van der Waals surface area contributed by atoms with Gasteiger partial charge in [-0.05, 0) is 47.1 Å². The maximum Gasteiger partial charge on any atom is 0.243 e. The van der Waals surface area contributed by atoms with Gasteiger partial charge in [0.25, 0.3) is 0 Å². The Morgan fingerprint density at radius 3 is 2.33 bits per heavy atom. The number of nitrogens with one attached hydrogen (secondary N) is 1. The van der Waals surface area contributed by atoms with Crippen LogP contribution in [0.1, 0.15) is 12.5 Å². The highest BCUT2D eigenvalue weighted by molar-refractivity contribution is 9.10. The lowest BCUT2D eigenvalue weighted by atomic mass is 10.2. The molecule has 0 atom stereocenters. The maximum atomic E-state index is 12.7. The number of amides is 1. The van der Waals surface area contributed by atoms with Crippen LogP contribution in [0.25, 0.3) is 0 Å². The van der Waals surface area contributed by atoms with Gasteiger partial charge < -0.3 is 5.32 Å². The molecule has 0 radical (unpaired) electrons. The number of anilines is 1. The van der Waals surface area contributed by atoms with Gasteiger partial charge in [-0.15, -0.1) is 0 Å². The van der Waals surface area contributed by atoms with Crippen LogP contribution in [0.4, 0.5) is 5.69 Å². The molecule has 24 heavy (non-hydrogen) atoms. The monoisotopic (exact) mass is 410 g/mol. The zero-order valence-corrected chi connectivity index (χ0v) is 15.9. The van der Waals surface area contributed by atoms with E-state index in [9.17, 15) is 13.2 Å². The molecule has 0 bridgehead atoms. The Kier molecular flexibility index (Phi) is 6.15. The number of para-hydroxylation sites is 1. The number of sulfonamides is 1. The van der Waals surface area contributed by atoms with Gasteiger partial charge in [0.05, 0.1) is 17.1 Å². The van der Waals surface area contributed by atoms with Crippen LogP contribution in [-0.2, 0) is 14.8 Å². The van der Waals surface area contributed by atoms with E-state index in [1.54, 1.807) is 49.4 Å². The van der Waals surface area contributed by atoms with Crippen molar-refractivity contribution < 1.29 is 13.2 Å². The Bertz CT molecular complexity index is 820. The van der Waals surface area contributed by atoms with Gasteiger partial charge in [-0.2, -0.15) is 4.31 Å². The van der Waals surface area contributed by atoms with Crippen molar-refractivity contribution in [3.05, 3.63) is 58.6 Å². The number of nitrogens with zero attached hydrogens (tertiary/aromatic N) is 1. The van der Waals surface area contributed by atoms with Crippen molar-refractivity contribution in [1.29, 1.82) is 0 Å². The summed E-state index contributed by atoms with van der Waals surface area (Å²) in [6, 6.07) is 13.8. The van der Waals surface area contributed by atoms with Crippen molar-refractivity contribution in [3.8, 4) is 0 Å². The van der Waals surface area contributed by atoms with Crippen molar-refractivity contribution in [3.63, 3.8) is 0 Å². The molecule has 0 aromatic heterocycles. The zero-order chi connectivity index (χ0) is 17.7. The van der Waals surface area contributed by atoms with Crippen LogP contribution in [0, 0.1) is 6.92 Å². The third-order valence-electron chi connectivity index (χ3n) is 3.48. The van der Waals surface area contributed by atoms with Crippen molar-refractivity contribution in [2.75, 3.05) is 18.4 Å². The van der Waals surface area contributed by atoms with E-state index in [1.165, 1.54) is 0 Å². The topological polar surface area (TPSA) is 66.5 Å². The van der Waals surface area contributed by atoms with Gasteiger partial charge in [0, 0.05) is 11.0 Å². The number of likely N-dealkylation sites (N-methyl/N-ethyl adjacent to an activating group) is 1. The second-order valence-electron chi connectivity index (χ2n) is 5.27. The van der Waals surface area contributed by atoms with Crippen LogP contribution in [0.15, 0.2) is 57.9 Å². The predicted octanol–water partition coefficient (Wildman–Crippen LogP) is 3.41. The Morgan fingerprint density at radius 2 is 1.75 bits per heavy atom. The summed E-state index contributed by atoms with van der Waals surface area (Å²) in [6.45, 7) is 3.56. The second kappa shape index (κ2) is 7.92. The number of halogens is 1. The van der Waals surface area contributed by atoms with Gasteiger partial charge in [0.2, 0.25) is 15.9 Å². The first kappa shape index (κ1) is 18.6. The van der Waals surface area contributed by atoms with Crippen molar-refractivity contribution in [2.24, 2.45) is 0 Å². The highest BCUT2D eigenvalue weighted by atomic mass is 79.9. The second-order valence-corrected chi connectivity index (χ2v) is 8.06. The molecule has 2 aromatic carbocycles. The fraction of sp³-hybridized carbons (Fsp3) is 0.235. The van der Waals surface area contributed by atoms with Gasteiger partial charge in [-0.3, -0.25) is 4.79 Å². The number of aryl methyl sites for hydroxylation is 1. The molecule has 5 nitrogen and oxygen atoms in total. The molecule has 2 aromatic rings. The SMILES string of the molecule is CCN(CC(=O)Nc1ccccc1Br)S(=O)(=O)c1ccc(C)cc1. The fourth-order valence-corrected chi connectivity index (χ4v) is 3.93.